The van der Waals surface area contributed by atoms with Crippen LogP contribution >= 0.6 is 11.3 Å². The molecular weight excluding hydrogens is 889 g/mol. The summed E-state index contributed by atoms with van der Waals surface area (Å²) in [7, 11) is 0. The molecule has 0 spiro atoms. The van der Waals surface area contributed by atoms with Crippen LogP contribution in [0.15, 0.2) is 225 Å². The molecule has 3 aliphatic carbocycles. The van der Waals surface area contributed by atoms with Crippen LogP contribution in [0.4, 0.5) is 0 Å². The highest BCUT2D eigenvalue weighted by molar-refractivity contribution is 7.26. The summed E-state index contributed by atoms with van der Waals surface area (Å²) in [4.78, 5) is 9.98. The monoisotopic (exact) mass is 935 g/mol. The van der Waals surface area contributed by atoms with Crippen molar-refractivity contribution in [1.29, 1.82) is 0 Å². The fourth-order valence-electron chi connectivity index (χ4n) is 12.4. The van der Waals surface area contributed by atoms with Crippen molar-refractivity contribution in [2.75, 3.05) is 0 Å². The summed E-state index contributed by atoms with van der Waals surface area (Å²) in [5.74, 6) is -0.757. The SMILES string of the molecule is [2H]C1(c2c(-c3ccc4c(c3)-c3ccccc3-c3ccccc3-c3cc(-c5cccc6c5sc5ccccc56)ccc3-4)cccc2-c2ccc3c(c2)-c2cccnc2-c2ncccc2-c2ccccc2-3)CCCC1. The number of fused-ring (bicyclic) bond motifs is 19. The van der Waals surface area contributed by atoms with E-state index >= 15 is 0 Å². The van der Waals surface area contributed by atoms with Crippen LogP contribution in [0, 0.1) is 0 Å². The average Bonchev–Trinajstić information content (AvgIpc) is 4.08. The van der Waals surface area contributed by atoms with E-state index in [9.17, 15) is 1.37 Å². The van der Waals surface area contributed by atoms with Gasteiger partial charge in [-0.1, -0.05) is 189 Å². The predicted octanol–water partition coefficient (Wildman–Crippen LogP) is 19.5. The number of pyridine rings is 2. The topological polar surface area (TPSA) is 25.8 Å². The van der Waals surface area contributed by atoms with Gasteiger partial charge in [0.25, 0.3) is 0 Å². The van der Waals surface area contributed by atoms with Gasteiger partial charge in [-0.15, -0.1) is 11.3 Å². The number of benzene rings is 9. The van der Waals surface area contributed by atoms with Gasteiger partial charge in [-0.05, 0) is 161 Å². The van der Waals surface area contributed by atoms with Gasteiger partial charge in [0.1, 0.15) is 0 Å². The highest BCUT2D eigenvalue weighted by atomic mass is 32.1. The molecule has 2 nitrogen and oxygen atoms in total. The van der Waals surface area contributed by atoms with Crippen LogP contribution in [0.2, 0.25) is 0 Å². The van der Waals surface area contributed by atoms with Gasteiger partial charge >= 0.3 is 0 Å². The largest absolute Gasteiger partial charge is 0.254 e. The van der Waals surface area contributed by atoms with Gasteiger partial charge in [0, 0.05) is 45.1 Å². The third kappa shape index (κ3) is 6.40. The minimum atomic E-state index is -0.757. The Balaban J connectivity index is 0.934. The first kappa shape index (κ1) is 40.3. The summed E-state index contributed by atoms with van der Waals surface area (Å²) in [6.45, 7) is 0. The fraction of sp³-hybridized carbons (Fsp3) is 0.0725. The summed E-state index contributed by atoms with van der Waals surface area (Å²) in [6.07, 6.45) is 7.47. The van der Waals surface area contributed by atoms with Crippen LogP contribution in [-0.4, -0.2) is 9.97 Å². The lowest BCUT2D eigenvalue weighted by Crippen LogP contribution is -2.02. The highest BCUT2D eigenvalue weighted by Gasteiger charge is 2.29. The van der Waals surface area contributed by atoms with E-state index in [0.717, 1.165) is 92.7 Å². The second-order valence-corrected chi connectivity index (χ2v) is 20.6. The first-order valence-electron chi connectivity index (χ1n) is 25.8. The predicted molar refractivity (Wildman–Crippen MR) is 303 cm³/mol. The van der Waals surface area contributed by atoms with Crippen LogP contribution in [0.3, 0.4) is 0 Å². The maximum absolute atomic E-state index is 10.5. The molecule has 3 aromatic heterocycles. The Kier molecular flexibility index (Phi) is 9.25. The molecule has 0 unspecified atom stereocenters. The molecule has 15 rings (SSSR count). The molecule has 0 atom stereocenters. The van der Waals surface area contributed by atoms with Gasteiger partial charge in [0.05, 0.1) is 11.4 Å². The molecule has 0 amide bonds. The van der Waals surface area contributed by atoms with Crippen molar-refractivity contribution >= 4 is 31.5 Å². The molecule has 338 valence electrons. The van der Waals surface area contributed by atoms with Crippen molar-refractivity contribution in [3.05, 3.63) is 230 Å². The summed E-state index contributed by atoms with van der Waals surface area (Å²) >= 11 is 1.88. The minimum Gasteiger partial charge on any atom is -0.254 e. The van der Waals surface area contributed by atoms with Gasteiger partial charge in [-0.25, -0.2) is 0 Å². The third-order valence-corrected chi connectivity index (χ3v) is 16.9. The lowest BCUT2D eigenvalue weighted by atomic mass is 9.78. The number of thiophene rings is 1. The van der Waals surface area contributed by atoms with E-state index < -0.39 is 5.89 Å². The second kappa shape index (κ2) is 16.6. The molecule has 12 aromatic rings. The van der Waals surface area contributed by atoms with Crippen molar-refractivity contribution in [3.63, 3.8) is 0 Å². The van der Waals surface area contributed by atoms with Crippen LogP contribution in [-0.2, 0) is 0 Å². The Bertz CT molecular complexity index is 4240. The van der Waals surface area contributed by atoms with E-state index in [4.69, 9.17) is 9.97 Å². The zero-order valence-electron chi connectivity index (χ0n) is 40.5. The molecule has 3 heterocycles. The highest BCUT2D eigenvalue weighted by Crippen LogP contribution is 2.53. The van der Waals surface area contributed by atoms with Gasteiger partial charge < -0.3 is 0 Å². The van der Waals surface area contributed by atoms with Gasteiger partial charge in [0.15, 0.2) is 0 Å². The molecule has 3 aliphatic rings. The first-order chi connectivity index (χ1) is 36.1. The van der Waals surface area contributed by atoms with Crippen LogP contribution in [0.5, 0.6) is 0 Å². The number of rotatable bonds is 4. The van der Waals surface area contributed by atoms with Crippen molar-refractivity contribution in [2.45, 2.75) is 31.6 Å². The van der Waals surface area contributed by atoms with E-state index in [1.54, 1.807) is 0 Å². The van der Waals surface area contributed by atoms with E-state index in [1.165, 1.54) is 81.4 Å². The first-order valence-corrected chi connectivity index (χ1v) is 26.1. The molecule has 0 bridgehead atoms. The Morgan fingerprint density at radius 1 is 0.333 bits per heavy atom. The van der Waals surface area contributed by atoms with Crippen LogP contribution < -0.4 is 0 Å². The maximum atomic E-state index is 10.5. The summed E-state index contributed by atoms with van der Waals surface area (Å²) in [5, 5.41) is 2.62. The van der Waals surface area contributed by atoms with Crippen LogP contribution in [0.1, 0.15) is 38.5 Å². The van der Waals surface area contributed by atoms with E-state index in [2.05, 4.69) is 200 Å². The Morgan fingerprint density at radius 2 is 0.708 bits per heavy atom. The van der Waals surface area contributed by atoms with Gasteiger partial charge in [-0.3, -0.25) is 9.97 Å². The lowest BCUT2D eigenvalue weighted by molar-refractivity contribution is 0.727. The van der Waals surface area contributed by atoms with E-state index in [0.29, 0.717) is 0 Å². The number of aromatic nitrogens is 2. The van der Waals surface area contributed by atoms with Crippen molar-refractivity contribution in [2.24, 2.45) is 0 Å². The standard InChI is InChI=1S/C69H46N2S/c1-2-16-42(15-1)66-46(24-11-25-47(66)44-31-34-55-51-19-3-6-20-52(51)59-28-13-37-70-67(59)68-60(64(55)40-44)29-14-38-71-68)43-32-35-56-57-36-33-45(48-26-12-27-61-58-23-9-10-30-65(58)72-69(48)61)41-63(57)54-22-8-5-18-50(54)49-17-4-7-21-53(49)62(56)39-43/h3-14,17-42H,1-2,15-16H2/i42D. The number of hydrogen-bond acceptors (Lipinski definition) is 3. The minimum absolute atomic E-state index is 0.757. The molecule has 0 saturated heterocycles. The zero-order valence-corrected chi connectivity index (χ0v) is 40.3. The van der Waals surface area contributed by atoms with E-state index in [-0.39, 0.29) is 0 Å². The third-order valence-electron chi connectivity index (χ3n) is 15.7. The smallest absolute Gasteiger partial charge is 0.0970 e. The summed E-state index contributed by atoms with van der Waals surface area (Å²) in [6, 6.07) is 78.5. The Morgan fingerprint density at radius 3 is 1.26 bits per heavy atom. The Hall–Kier alpha value is -8.50. The summed E-state index contributed by atoms with van der Waals surface area (Å²) < 4.78 is 13.1. The average molecular weight is 936 g/mol. The number of nitrogens with zero attached hydrogens (tertiary/aromatic N) is 2. The normalized spacial score (nSPS) is 13.9. The molecule has 1 fully saturated rings. The van der Waals surface area contributed by atoms with Gasteiger partial charge in [-0.2, -0.15) is 0 Å². The Labute approximate surface area is 425 Å². The molecule has 0 radical (unpaired) electrons. The van der Waals surface area contributed by atoms with Crippen molar-refractivity contribution in [3.8, 4) is 123 Å². The quantitative estimate of drug-likeness (QED) is 0.176. The molecular formula is C69H46N2S. The van der Waals surface area contributed by atoms with Crippen molar-refractivity contribution < 1.29 is 1.37 Å². The molecule has 9 aromatic carbocycles. The fourth-order valence-corrected chi connectivity index (χ4v) is 13.7. The summed E-state index contributed by atoms with van der Waals surface area (Å²) in [5.41, 5.74) is 26.3. The molecule has 0 aliphatic heterocycles. The molecule has 3 heteroatoms. The lowest BCUT2D eigenvalue weighted by Gasteiger charge is -2.26. The molecule has 72 heavy (non-hydrogen) atoms. The molecule has 1 saturated carbocycles. The number of hydrogen-bond donors (Lipinski definition) is 0. The van der Waals surface area contributed by atoms with Gasteiger partial charge in [0.2, 0.25) is 0 Å². The maximum Gasteiger partial charge on any atom is 0.0970 e. The molecule has 0 N–H and O–H groups in total. The van der Waals surface area contributed by atoms with Crippen LogP contribution in [0.25, 0.3) is 143 Å². The van der Waals surface area contributed by atoms with E-state index in [1.807, 2.05) is 35.9 Å². The zero-order chi connectivity index (χ0) is 48.2. The second-order valence-electron chi connectivity index (χ2n) is 19.5. The van der Waals surface area contributed by atoms with Crippen molar-refractivity contribution in [1.82, 2.24) is 9.97 Å².